The third-order valence-corrected chi connectivity index (χ3v) is 3.24. The standard InChI is InChI=1S/C12H14F4N2/c13-11(3-4-11)5-9(6-17)8-1-2-10(18-7-8)12(14,15)16/h1-2,7,9H,3-6,17H2/t9-/m1/s1. The molecule has 1 saturated carbocycles. The SMILES string of the molecule is NC[C@@H](CC1(F)CC1)c1ccc(C(F)(F)F)nc1. The molecule has 2 rings (SSSR count). The number of rotatable bonds is 4. The largest absolute Gasteiger partial charge is 0.433 e. The summed E-state index contributed by atoms with van der Waals surface area (Å²) >= 11 is 0. The Balaban J connectivity index is 2.12. The lowest BCUT2D eigenvalue weighted by molar-refractivity contribution is -0.141. The van der Waals surface area contributed by atoms with Gasteiger partial charge in [-0.3, -0.25) is 4.98 Å². The minimum Gasteiger partial charge on any atom is -0.330 e. The van der Waals surface area contributed by atoms with Crippen molar-refractivity contribution in [2.24, 2.45) is 5.73 Å². The Labute approximate surface area is 102 Å². The molecule has 1 aromatic rings. The summed E-state index contributed by atoms with van der Waals surface area (Å²) in [5, 5.41) is 0. The van der Waals surface area contributed by atoms with E-state index in [2.05, 4.69) is 4.98 Å². The van der Waals surface area contributed by atoms with E-state index >= 15 is 0 Å². The van der Waals surface area contributed by atoms with Crippen LogP contribution in [0.15, 0.2) is 18.3 Å². The number of pyridine rings is 1. The van der Waals surface area contributed by atoms with Gasteiger partial charge in [0.1, 0.15) is 11.4 Å². The molecule has 0 unspecified atom stereocenters. The summed E-state index contributed by atoms with van der Waals surface area (Å²) in [6.07, 6.45) is -2.02. The second-order valence-corrected chi connectivity index (χ2v) is 4.76. The van der Waals surface area contributed by atoms with Gasteiger partial charge < -0.3 is 5.73 Å². The molecule has 1 aromatic heterocycles. The molecule has 0 spiro atoms. The minimum absolute atomic E-state index is 0.207. The molecule has 1 aliphatic carbocycles. The maximum Gasteiger partial charge on any atom is 0.433 e. The van der Waals surface area contributed by atoms with Crippen LogP contribution in [0.5, 0.6) is 0 Å². The van der Waals surface area contributed by atoms with Crippen LogP contribution in [-0.2, 0) is 6.18 Å². The van der Waals surface area contributed by atoms with Crippen molar-refractivity contribution in [3.8, 4) is 0 Å². The first-order valence-electron chi connectivity index (χ1n) is 5.76. The molecule has 2 N–H and O–H groups in total. The van der Waals surface area contributed by atoms with Crippen molar-refractivity contribution in [2.45, 2.75) is 37.0 Å². The number of hydrogen-bond donors (Lipinski definition) is 1. The van der Waals surface area contributed by atoms with E-state index in [1.165, 1.54) is 6.07 Å². The van der Waals surface area contributed by atoms with Gasteiger partial charge in [-0.2, -0.15) is 13.2 Å². The predicted octanol–water partition coefficient (Wildman–Crippen LogP) is 3.03. The molecule has 0 aliphatic heterocycles. The van der Waals surface area contributed by atoms with E-state index in [1.54, 1.807) is 0 Å². The first-order chi connectivity index (χ1) is 8.34. The summed E-state index contributed by atoms with van der Waals surface area (Å²) in [7, 11) is 0. The average molecular weight is 262 g/mol. The number of alkyl halides is 4. The van der Waals surface area contributed by atoms with Crippen LogP contribution in [0.2, 0.25) is 0 Å². The zero-order valence-electron chi connectivity index (χ0n) is 9.67. The highest BCUT2D eigenvalue weighted by molar-refractivity contribution is 5.21. The molecule has 100 valence electrons. The predicted molar refractivity (Wildman–Crippen MR) is 58.7 cm³/mol. The van der Waals surface area contributed by atoms with Crippen molar-refractivity contribution in [2.75, 3.05) is 6.54 Å². The van der Waals surface area contributed by atoms with Crippen LogP contribution >= 0.6 is 0 Å². The van der Waals surface area contributed by atoms with Gasteiger partial charge in [0.25, 0.3) is 0 Å². The lowest BCUT2D eigenvalue weighted by atomic mass is 9.94. The molecule has 1 fully saturated rings. The summed E-state index contributed by atoms with van der Waals surface area (Å²) in [6, 6.07) is 2.24. The van der Waals surface area contributed by atoms with Gasteiger partial charge >= 0.3 is 6.18 Å². The van der Waals surface area contributed by atoms with Crippen molar-refractivity contribution in [1.82, 2.24) is 4.98 Å². The Hall–Kier alpha value is -1.17. The van der Waals surface area contributed by atoms with Gasteiger partial charge in [0.2, 0.25) is 0 Å². The van der Waals surface area contributed by atoms with Crippen molar-refractivity contribution in [3.63, 3.8) is 0 Å². The fourth-order valence-corrected chi connectivity index (χ4v) is 1.93. The molecule has 1 aliphatic rings. The van der Waals surface area contributed by atoms with E-state index in [-0.39, 0.29) is 18.9 Å². The quantitative estimate of drug-likeness (QED) is 0.847. The van der Waals surface area contributed by atoms with Crippen molar-refractivity contribution in [3.05, 3.63) is 29.6 Å². The van der Waals surface area contributed by atoms with Gasteiger partial charge in [0, 0.05) is 12.1 Å². The number of aromatic nitrogens is 1. The lowest BCUT2D eigenvalue weighted by Gasteiger charge is -2.17. The first-order valence-corrected chi connectivity index (χ1v) is 5.76. The van der Waals surface area contributed by atoms with Gasteiger partial charge in [-0.15, -0.1) is 0 Å². The number of nitrogens with zero attached hydrogens (tertiary/aromatic N) is 1. The average Bonchev–Trinajstić information content (AvgIpc) is 3.04. The topological polar surface area (TPSA) is 38.9 Å². The third kappa shape index (κ3) is 2.98. The van der Waals surface area contributed by atoms with Gasteiger partial charge in [-0.1, -0.05) is 6.07 Å². The minimum atomic E-state index is -4.45. The summed E-state index contributed by atoms with van der Waals surface area (Å²) in [6.45, 7) is 0.207. The molecule has 2 nitrogen and oxygen atoms in total. The highest BCUT2D eigenvalue weighted by Crippen LogP contribution is 2.46. The van der Waals surface area contributed by atoms with Crippen LogP contribution in [0.25, 0.3) is 0 Å². The van der Waals surface area contributed by atoms with Crippen molar-refractivity contribution >= 4 is 0 Å². The molecule has 1 heterocycles. The Kier molecular flexibility index (Phi) is 3.31. The monoisotopic (exact) mass is 262 g/mol. The lowest BCUT2D eigenvalue weighted by Crippen LogP contribution is -2.18. The molecule has 0 bridgehead atoms. The van der Waals surface area contributed by atoms with E-state index in [9.17, 15) is 17.6 Å². The second-order valence-electron chi connectivity index (χ2n) is 4.76. The van der Waals surface area contributed by atoms with E-state index < -0.39 is 17.5 Å². The summed E-state index contributed by atoms with van der Waals surface area (Å²) < 4.78 is 50.6. The van der Waals surface area contributed by atoms with E-state index in [0.29, 0.717) is 18.4 Å². The number of hydrogen-bond acceptors (Lipinski definition) is 2. The Morgan fingerprint density at radius 2 is 2.00 bits per heavy atom. The molecular formula is C12H14F4N2. The fraction of sp³-hybridized carbons (Fsp3) is 0.583. The van der Waals surface area contributed by atoms with E-state index in [1.807, 2.05) is 0 Å². The molecule has 6 heteroatoms. The maximum absolute atomic E-state index is 13.6. The zero-order valence-corrected chi connectivity index (χ0v) is 9.67. The van der Waals surface area contributed by atoms with E-state index in [4.69, 9.17) is 5.73 Å². The molecule has 0 saturated heterocycles. The maximum atomic E-state index is 13.6. The molecular weight excluding hydrogens is 248 g/mol. The molecule has 0 amide bonds. The van der Waals surface area contributed by atoms with Crippen LogP contribution in [-0.4, -0.2) is 17.2 Å². The normalized spacial score (nSPS) is 19.6. The van der Waals surface area contributed by atoms with Gasteiger partial charge in [-0.25, -0.2) is 4.39 Å². The van der Waals surface area contributed by atoms with Crippen molar-refractivity contribution < 1.29 is 17.6 Å². The van der Waals surface area contributed by atoms with Gasteiger partial charge in [0.05, 0.1) is 0 Å². The van der Waals surface area contributed by atoms with Crippen LogP contribution in [0.4, 0.5) is 17.6 Å². The van der Waals surface area contributed by atoms with E-state index in [0.717, 1.165) is 12.3 Å². The van der Waals surface area contributed by atoms with Crippen LogP contribution in [0.3, 0.4) is 0 Å². The Morgan fingerprint density at radius 1 is 1.33 bits per heavy atom. The van der Waals surface area contributed by atoms with Crippen molar-refractivity contribution in [1.29, 1.82) is 0 Å². The molecule has 18 heavy (non-hydrogen) atoms. The third-order valence-electron chi connectivity index (χ3n) is 3.24. The highest BCUT2D eigenvalue weighted by atomic mass is 19.4. The second kappa shape index (κ2) is 4.50. The Bertz CT molecular complexity index is 409. The van der Waals surface area contributed by atoms with Crippen LogP contribution < -0.4 is 5.73 Å². The fourth-order valence-electron chi connectivity index (χ4n) is 1.93. The number of nitrogens with two attached hydrogens (primary N) is 1. The highest BCUT2D eigenvalue weighted by Gasteiger charge is 2.44. The smallest absolute Gasteiger partial charge is 0.330 e. The molecule has 0 aromatic carbocycles. The molecule has 0 radical (unpaired) electrons. The number of halogens is 4. The first kappa shape index (κ1) is 13.3. The summed E-state index contributed by atoms with van der Waals surface area (Å²) in [4.78, 5) is 3.37. The van der Waals surface area contributed by atoms with Gasteiger partial charge in [0.15, 0.2) is 0 Å². The summed E-state index contributed by atoms with van der Waals surface area (Å²) in [5.74, 6) is -0.271. The van der Waals surface area contributed by atoms with Crippen LogP contribution in [0, 0.1) is 0 Å². The van der Waals surface area contributed by atoms with Gasteiger partial charge in [-0.05, 0) is 37.4 Å². The summed E-state index contributed by atoms with van der Waals surface area (Å²) in [5.41, 5.74) is 4.00. The zero-order chi connectivity index (χ0) is 13.4. The molecule has 1 atom stereocenters. The Morgan fingerprint density at radius 3 is 2.39 bits per heavy atom. The van der Waals surface area contributed by atoms with Crippen LogP contribution in [0.1, 0.15) is 36.4 Å².